The standard InChI is InChI=1S/C49H51N11O11S/c1-27(56-45(65)28-3-5-29(6-4-28)54-25-31-26-55-44-43(57-31)46(66)60-48(50)59-44)2-13-40(63)52-17-19-70-21-20-69-18-14-41(64)51-15-16-53-49(72)58-30-7-10-34(37(22-30)47(67)68)42-35-11-8-32(61)23-38(35)71-39-24-33(62)9-12-36(39)42/h3-12,22-24,26-27,54,61H,2,13-21,25H2,1H3,(H,51,64)(H,52,63)(H,56,65)(H,67,68)(H2,53,58,72)(H3,50,55,59,60,66)/t27-/m1/s1. The molecule has 0 radical (unpaired) electrons. The average molecular weight is 1000 g/mol. The molecule has 23 heteroatoms. The monoisotopic (exact) mass is 1000 g/mol. The normalized spacial score (nSPS) is 11.5. The number of H-pyrrole nitrogens is 1. The first-order chi connectivity index (χ1) is 34.7. The molecular weight excluding hydrogens is 951 g/mol. The van der Waals surface area contributed by atoms with Gasteiger partial charge < -0.3 is 61.7 Å². The molecule has 2 aromatic heterocycles. The van der Waals surface area contributed by atoms with Crippen molar-refractivity contribution in [2.45, 2.75) is 38.8 Å². The van der Waals surface area contributed by atoms with Crippen molar-refractivity contribution in [2.24, 2.45) is 0 Å². The fourth-order valence-electron chi connectivity index (χ4n) is 7.36. The van der Waals surface area contributed by atoms with Gasteiger partial charge in [-0.15, -0.1) is 0 Å². The topological polar surface area (TPSA) is 327 Å². The predicted octanol–water partition coefficient (Wildman–Crippen LogP) is 3.73. The third kappa shape index (κ3) is 14.0. The molecule has 0 fully saturated rings. The van der Waals surface area contributed by atoms with Gasteiger partial charge in [-0.1, -0.05) is 6.07 Å². The molecule has 0 bridgehead atoms. The first kappa shape index (κ1) is 51.3. The van der Waals surface area contributed by atoms with Gasteiger partial charge >= 0.3 is 5.97 Å². The summed E-state index contributed by atoms with van der Waals surface area (Å²) in [5.41, 5.74) is 8.74. The number of nitrogens with zero attached hydrogens (tertiary/aromatic N) is 3. The van der Waals surface area contributed by atoms with Crippen LogP contribution in [0.1, 0.15) is 52.6 Å². The quantitative estimate of drug-likeness (QED) is 0.0248. The van der Waals surface area contributed by atoms with Gasteiger partial charge in [0, 0.05) is 84.1 Å². The molecule has 5 aromatic rings. The molecule has 0 saturated heterocycles. The van der Waals surface area contributed by atoms with Crippen LogP contribution in [0.2, 0.25) is 0 Å². The summed E-state index contributed by atoms with van der Waals surface area (Å²) in [6.07, 6.45) is 2.25. The zero-order chi connectivity index (χ0) is 51.1. The predicted molar refractivity (Wildman–Crippen MR) is 272 cm³/mol. The minimum atomic E-state index is -1.20. The Balaban J connectivity index is 0.709. The Morgan fingerprint density at radius 1 is 0.819 bits per heavy atom. The van der Waals surface area contributed by atoms with Crippen molar-refractivity contribution in [3.05, 3.63) is 122 Å². The number of carbonyl (C=O) groups is 4. The number of anilines is 3. The van der Waals surface area contributed by atoms with E-state index >= 15 is 0 Å². The fourth-order valence-corrected chi connectivity index (χ4v) is 7.58. The summed E-state index contributed by atoms with van der Waals surface area (Å²) in [6, 6.07) is 20.0. The Morgan fingerprint density at radius 2 is 1.54 bits per heavy atom. The largest absolute Gasteiger partial charge is 0.508 e. The molecule has 11 N–H and O–H groups in total. The molecule has 0 saturated carbocycles. The van der Waals surface area contributed by atoms with E-state index in [1.165, 1.54) is 36.5 Å². The minimum absolute atomic E-state index is 0.0400. The van der Waals surface area contributed by atoms with Gasteiger partial charge in [-0.3, -0.25) is 29.0 Å². The molecule has 3 amide bonds. The Kier molecular flexibility index (Phi) is 17.3. The number of nitrogen functional groups attached to an aromatic ring is 1. The van der Waals surface area contributed by atoms with Gasteiger partial charge in [0.1, 0.15) is 17.1 Å². The lowest BCUT2D eigenvalue weighted by atomic mass is 9.90. The van der Waals surface area contributed by atoms with Crippen molar-refractivity contribution in [2.75, 3.05) is 62.4 Å². The molecule has 22 nitrogen and oxygen atoms in total. The van der Waals surface area contributed by atoms with Crippen molar-refractivity contribution >= 4 is 80.5 Å². The Labute approximate surface area is 415 Å². The molecule has 72 heavy (non-hydrogen) atoms. The summed E-state index contributed by atoms with van der Waals surface area (Å²) in [5, 5.41) is 38.6. The Morgan fingerprint density at radius 3 is 2.33 bits per heavy atom. The second kappa shape index (κ2) is 24.3. The molecular formula is C49H51N11O11S. The number of nitrogens with one attached hydrogen (secondary N) is 7. The number of hydrogen-bond acceptors (Lipinski definition) is 16. The number of carboxylic acids is 1. The van der Waals surface area contributed by atoms with Gasteiger partial charge in [-0.2, -0.15) is 4.98 Å². The summed E-state index contributed by atoms with van der Waals surface area (Å²) in [4.78, 5) is 89.1. The van der Waals surface area contributed by atoms with Crippen LogP contribution in [-0.4, -0.2) is 111 Å². The van der Waals surface area contributed by atoms with Gasteiger partial charge in [0.2, 0.25) is 17.8 Å². The number of carboxylic acid groups (broad SMARTS) is 1. The van der Waals surface area contributed by atoms with Crippen molar-refractivity contribution < 1.29 is 43.3 Å². The zero-order valence-electron chi connectivity index (χ0n) is 38.8. The first-order valence-corrected chi connectivity index (χ1v) is 23.1. The van der Waals surface area contributed by atoms with Crippen LogP contribution in [0.3, 0.4) is 0 Å². The molecule has 0 spiro atoms. The molecule has 1 atom stereocenters. The molecule has 0 unspecified atom stereocenters. The highest BCUT2D eigenvalue weighted by Gasteiger charge is 2.23. The van der Waals surface area contributed by atoms with Crippen LogP contribution in [-0.2, 0) is 25.6 Å². The van der Waals surface area contributed by atoms with Gasteiger partial charge in [-0.25, -0.2) is 14.8 Å². The number of aromatic amines is 1. The van der Waals surface area contributed by atoms with Crippen LogP contribution >= 0.6 is 12.2 Å². The van der Waals surface area contributed by atoms with Gasteiger partial charge in [-0.05, 0) is 91.8 Å². The van der Waals surface area contributed by atoms with Crippen LogP contribution in [0.4, 0.5) is 17.3 Å². The van der Waals surface area contributed by atoms with Crippen molar-refractivity contribution in [1.82, 2.24) is 41.2 Å². The van der Waals surface area contributed by atoms with E-state index in [2.05, 4.69) is 51.8 Å². The summed E-state index contributed by atoms with van der Waals surface area (Å²) in [6.45, 7) is 3.89. The summed E-state index contributed by atoms with van der Waals surface area (Å²) in [5.74, 6) is -1.74. The highest BCUT2D eigenvalue weighted by Crippen LogP contribution is 2.42. The van der Waals surface area contributed by atoms with Gasteiger partial charge in [0.15, 0.2) is 21.7 Å². The maximum absolute atomic E-state index is 12.8. The summed E-state index contributed by atoms with van der Waals surface area (Å²) in [7, 11) is 0. The lowest BCUT2D eigenvalue weighted by Gasteiger charge is -2.18. The van der Waals surface area contributed by atoms with E-state index in [9.17, 15) is 39.0 Å². The number of amides is 3. The number of ether oxygens (including phenoxy) is 2. The number of benzene rings is 4. The van der Waals surface area contributed by atoms with E-state index in [-0.39, 0.29) is 133 Å². The molecule has 374 valence electrons. The molecule has 3 heterocycles. The number of thiocarbonyl (C=S) groups is 1. The van der Waals surface area contributed by atoms with E-state index in [0.29, 0.717) is 52.0 Å². The number of hydrogen-bond donors (Lipinski definition) is 10. The smallest absolute Gasteiger partial charge is 0.336 e. The van der Waals surface area contributed by atoms with Crippen LogP contribution in [0.25, 0.3) is 44.6 Å². The van der Waals surface area contributed by atoms with Crippen LogP contribution in [0.5, 0.6) is 5.75 Å². The van der Waals surface area contributed by atoms with Crippen LogP contribution in [0, 0.1) is 0 Å². The molecule has 2 aliphatic rings. The first-order valence-electron chi connectivity index (χ1n) is 22.7. The summed E-state index contributed by atoms with van der Waals surface area (Å²) < 4.78 is 16.9. The number of carbonyl (C=O) groups excluding carboxylic acids is 3. The number of aromatic nitrogens is 4. The highest BCUT2D eigenvalue weighted by molar-refractivity contribution is 7.80. The van der Waals surface area contributed by atoms with E-state index in [1.807, 2.05) is 6.92 Å². The number of rotatable bonds is 23. The van der Waals surface area contributed by atoms with E-state index < -0.39 is 11.5 Å². The number of nitrogens with two attached hydrogens (primary N) is 1. The van der Waals surface area contributed by atoms with E-state index in [1.54, 1.807) is 48.5 Å². The number of phenols is 1. The average Bonchev–Trinajstić information content (AvgIpc) is 3.35. The number of aromatic hydroxyl groups is 1. The molecule has 3 aromatic carbocycles. The van der Waals surface area contributed by atoms with E-state index in [4.69, 9.17) is 31.8 Å². The maximum atomic E-state index is 12.8. The second-order valence-corrected chi connectivity index (χ2v) is 16.7. The Bertz CT molecular complexity index is 3200. The Hall–Kier alpha value is -8.54. The van der Waals surface area contributed by atoms with Crippen LogP contribution in [0.15, 0.2) is 99.1 Å². The zero-order valence-corrected chi connectivity index (χ0v) is 39.7. The van der Waals surface area contributed by atoms with Crippen molar-refractivity contribution in [3.8, 4) is 28.2 Å². The third-order valence-corrected chi connectivity index (χ3v) is 11.1. The SMILES string of the molecule is C[C@H](CCC(=O)NCCOCCOCCC(=O)NCCNC(=S)Nc1ccc(-c2c3ccc(=O)cc-3oc3cc(O)ccc23)c(C(=O)O)c1)NC(=O)c1ccc(NCc2cnc3nc(N)[nH]c(=O)c3n2)cc1. The van der Waals surface area contributed by atoms with Crippen molar-refractivity contribution in [1.29, 1.82) is 0 Å². The van der Waals surface area contributed by atoms with E-state index in [0.717, 1.165) is 5.69 Å². The number of aromatic carboxylic acids is 1. The summed E-state index contributed by atoms with van der Waals surface area (Å²) >= 11 is 5.40. The molecule has 7 rings (SSSR count). The van der Waals surface area contributed by atoms with Gasteiger partial charge in [0.05, 0.1) is 50.4 Å². The fraction of sp³-hybridized carbons (Fsp3) is 0.265. The second-order valence-electron chi connectivity index (χ2n) is 16.3. The highest BCUT2D eigenvalue weighted by atomic mass is 32.1. The molecule has 1 aliphatic carbocycles. The number of phenolic OH excluding ortho intramolecular Hbond substituents is 1. The van der Waals surface area contributed by atoms with Gasteiger partial charge in [0.25, 0.3) is 11.5 Å². The maximum Gasteiger partial charge on any atom is 0.336 e. The molecule has 1 aliphatic heterocycles. The number of fused-ring (bicyclic) bond motifs is 3. The lowest BCUT2D eigenvalue weighted by molar-refractivity contribution is -0.122. The third-order valence-electron chi connectivity index (χ3n) is 10.9. The van der Waals surface area contributed by atoms with Crippen molar-refractivity contribution in [3.63, 3.8) is 0 Å². The van der Waals surface area contributed by atoms with Crippen LogP contribution < -0.4 is 48.6 Å². The lowest BCUT2D eigenvalue weighted by Crippen LogP contribution is -2.36. The minimum Gasteiger partial charge on any atom is -0.508 e.